The van der Waals surface area contributed by atoms with Crippen LogP contribution in [0.4, 0.5) is 5.82 Å². The number of aromatic nitrogens is 6. The number of aliphatic hydroxyl groups is 1. The average molecular weight is 287 g/mol. The molecule has 8 heteroatoms. The predicted molar refractivity (Wildman–Crippen MR) is 76.7 cm³/mol. The predicted octanol–water partition coefficient (Wildman–Crippen LogP) is 0.469. The van der Waals surface area contributed by atoms with Gasteiger partial charge in [0.1, 0.15) is 12.4 Å². The number of imidazole rings is 1. The van der Waals surface area contributed by atoms with Crippen LogP contribution >= 0.6 is 0 Å². The lowest BCUT2D eigenvalue weighted by Crippen LogP contribution is -2.20. The van der Waals surface area contributed by atoms with Crippen molar-refractivity contribution in [3.8, 4) is 0 Å². The summed E-state index contributed by atoms with van der Waals surface area (Å²) in [6.07, 6.45) is 3.68. The molecule has 0 unspecified atom stereocenters. The highest BCUT2D eigenvalue weighted by atomic mass is 16.3. The van der Waals surface area contributed by atoms with E-state index >= 15 is 0 Å². The Balaban J connectivity index is 1.88. The second kappa shape index (κ2) is 5.49. The summed E-state index contributed by atoms with van der Waals surface area (Å²) in [5.74, 6) is 1.21. The zero-order valence-electron chi connectivity index (χ0n) is 12.0. The Morgan fingerprint density at radius 3 is 2.90 bits per heavy atom. The van der Waals surface area contributed by atoms with Gasteiger partial charge in [-0.3, -0.25) is 0 Å². The van der Waals surface area contributed by atoms with Crippen LogP contribution in [0.25, 0.3) is 5.65 Å². The molecule has 0 aliphatic carbocycles. The molecule has 110 valence electrons. The number of hydrogen-bond acceptors (Lipinski definition) is 6. The molecule has 3 aromatic rings. The van der Waals surface area contributed by atoms with Gasteiger partial charge < -0.3 is 14.6 Å². The topological polar surface area (TPSA) is 84.4 Å². The normalized spacial score (nSPS) is 11.2. The van der Waals surface area contributed by atoms with E-state index in [4.69, 9.17) is 0 Å². The van der Waals surface area contributed by atoms with Crippen molar-refractivity contribution in [2.24, 2.45) is 0 Å². The van der Waals surface area contributed by atoms with Crippen LogP contribution in [0.5, 0.6) is 0 Å². The molecule has 21 heavy (non-hydrogen) atoms. The molecule has 0 atom stereocenters. The summed E-state index contributed by atoms with van der Waals surface area (Å²) in [5.41, 5.74) is 1.74. The lowest BCUT2D eigenvalue weighted by molar-refractivity contribution is 0.268. The fourth-order valence-electron chi connectivity index (χ4n) is 2.21. The van der Waals surface area contributed by atoms with E-state index in [9.17, 15) is 5.11 Å². The molecule has 0 aromatic carbocycles. The van der Waals surface area contributed by atoms with E-state index in [0.717, 1.165) is 18.1 Å². The highest BCUT2D eigenvalue weighted by Gasteiger charge is 2.11. The second-order valence-corrected chi connectivity index (χ2v) is 4.76. The minimum Gasteiger partial charge on any atom is -0.388 e. The van der Waals surface area contributed by atoms with Gasteiger partial charge in [-0.2, -0.15) is 4.52 Å². The molecule has 0 bridgehead atoms. The van der Waals surface area contributed by atoms with Gasteiger partial charge in [-0.15, -0.1) is 15.3 Å². The van der Waals surface area contributed by atoms with Gasteiger partial charge >= 0.3 is 0 Å². The summed E-state index contributed by atoms with van der Waals surface area (Å²) in [4.78, 5) is 6.18. The van der Waals surface area contributed by atoms with Gasteiger partial charge in [0.2, 0.25) is 0 Å². The van der Waals surface area contributed by atoms with Crippen molar-refractivity contribution >= 4 is 11.5 Å². The first-order valence-electron chi connectivity index (χ1n) is 6.75. The van der Waals surface area contributed by atoms with Crippen molar-refractivity contribution < 1.29 is 5.11 Å². The Morgan fingerprint density at radius 2 is 2.14 bits per heavy atom. The van der Waals surface area contributed by atoms with E-state index < -0.39 is 0 Å². The van der Waals surface area contributed by atoms with Crippen LogP contribution in [-0.4, -0.2) is 41.5 Å². The molecule has 8 nitrogen and oxygen atoms in total. The summed E-state index contributed by atoms with van der Waals surface area (Å²) in [7, 11) is 1.96. The molecule has 0 saturated carbocycles. The molecule has 3 heterocycles. The van der Waals surface area contributed by atoms with Gasteiger partial charge in [0.25, 0.3) is 0 Å². The van der Waals surface area contributed by atoms with E-state index in [-0.39, 0.29) is 6.61 Å². The number of aryl methyl sites for hydroxylation is 1. The molecule has 0 spiro atoms. The van der Waals surface area contributed by atoms with Crippen LogP contribution in [0.2, 0.25) is 0 Å². The molecule has 0 saturated heterocycles. The largest absolute Gasteiger partial charge is 0.388 e. The van der Waals surface area contributed by atoms with Crippen molar-refractivity contribution in [1.29, 1.82) is 0 Å². The Labute approximate surface area is 121 Å². The first kappa shape index (κ1) is 13.5. The third kappa shape index (κ3) is 2.45. The van der Waals surface area contributed by atoms with Crippen LogP contribution in [0.1, 0.15) is 18.4 Å². The molecule has 1 N–H and O–H groups in total. The van der Waals surface area contributed by atoms with Gasteiger partial charge in [-0.05, 0) is 19.1 Å². The summed E-state index contributed by atoms with van der Waals surface area (Å²) < 4.78 is 3.65. The number of nitrogens with zero attached hydrogens (tertiary/aromatic N) is 7. The molecule has 3 rings (SSSR count). The fraction of sp³-hybridized carbons (Fsp3) is 0.385. The maximum Gasteiger partial charge on any atom is 0.180 e. The molecule has 0 aliphatic heterocycles. The minimum absolute atomic E-state index is 0.191. The first-order chi connectivity index (χ1) is 10.2. The molecule has 0 radical (unpaired) electrons. The number of aliphatic hydroxyl groups excluding tert-OH is 1. The number of rotatable bonds is 5. The van der Waals surface area contributed by atoms with Gasteiger partial charge in [0.05, 0.1) is 18.6 Å². The SMILES string of the molecule is CCn1cncc1CN(C)c1ccc2nnc(CO)n2n1. The maximum atomic E-state index is 9.24. The number of anilines is 1. The third-order valence-electron chi connectivity index (χ3n) is 3.38. The van der Waals surface area contributed by atoms with Crippen LogP contribution in [-0.2, 0) is 19.7 Å². The standard InChI is InChI=1S/C13H17N7O/c1-3-19-9-14-6-10(19)7-18(2)12-5-4-11-15-16-13(8-21)20(11)17-12/h4-6,9,21H,3,7-8H2,1-2H3. The summed E-state index contributed by atoms with van der Waals surface area (Å²) in [5, 5.41) is 21.5. The molecule has 0 aliphatic rings. The van der Waals surface area contributed by atoms with Crippen molar-refractivity contribution in [3.63, 3.8) is 0 Å². The Bertz CT molecular complexity index is 748. The van der Waals surface area contributed by atoms with Gasteiger partial charge in [-0.1, -0.05) is 0 Å². The van der Waals surface area contributed by atoms with E-state index in [1.807, 2.05) is 36.6 Å². The lowest BCUT2D eigenvalue weighted by atomic mass is 10.4. The third-order valence-corrected chi connectivity index (χ3v) is 3.38. The van der Waals surface area contributed by atoms with Crippen LogP contribution in [0, 0.1) is 0 Å². The lowest BCUT2D eigenvalue weighted by Gasteiger charge is -2.18. The molecule has 3 aromatic heterocycles. The van der Waals surface area contributed by atoms with Crippen LogP contribution < -0.4 is 4.90 Å². The summed E-state index contributed by atoms with van der Waals surface area (Å²) in [6, 6.07) is 3.72. The first-order valence-corrected chi connectivity index (χ1v) is 6.75. The van der Waals surface area contributed by atoms with Crippen molar-refractivity contribution in [2.45, 2.75) is 26.6 Å². The van der Waals surface area contributed by atoms with Gasteiger partial charge in [0, 0.05) is 19.8 Å². The Kier molecular flexibility index (Phi) is 3.53. The quantitative estimate of drug-likeness (QED) is 0.734. The molecule has 0 fully saturated rings. The molecular weight excluding hydrogens is 270 g/mol. The van der Waals surface area contributed by atoms with Crippen LogP contribution in [0.3, 0.4) is 0 Å². The number of hydrogen-bond donors (Lipinski definition) is 1. The second-order valence-electron chi connectivity index (χ2n) is 4.76. The number of fused-ring (bicyclic) bond motifs is 1. The fourth-order valence-corrected chi connectivity index (χ4v) is 2.21. The highest BCUT2D eigenvalue weighted by molar-refractivity contribution is 5.45. The van der Waals surface area contributed by atoms with Crippen LogP contribution in [0.15, 0.2) is 24.7 Å². The van der Waals surface area contributed by atoms with Crippen molar-refractivity contribution in [2.75, 3.05) is 11.9 Å². The smallest absolute Gasteiger partial charge is 0.180 e. The van der Waals surface area contributed by atoms with Crippen molar-refractivity contribution in [3.05, 3.63) is 36.2 Å². The van der Waals surface area contributed by atoms with Gasteiger partial charge in [0.15, 0.2) is 11.5 Å². The average Bonchev–Trinajstić information content (AvgIpc) is 3.12. The van der Waals surface area contributed by atoms with E-state index in [1.54, 1.807) is 4.52 Å². The highest BCUT2D eigenvalue weighted by Crippen LogP contribution is 2.14. The van der Waals surface area contributed by atoms with Crippen molar-refractivity contribution in [1.82, 2.24) is 29.4 Å². The summed E-state index contributed by atoms with van der Waals surface area (Å²) >= 11 is 0. The Hall–Kier alpha value is -2.48. The van der Waals surface area contributed by atoms with E-state index in [2.05, 4.69) is 31.8 Å². The zero-order chi connectivity index (χ0) is 14.8. The molecular formula is C13H17N7O. The zero-order valence-corrected chi connectivity index (χ0v) is 12.0. The minimum atomic E-state index is -0.191. The van der Waals surface area contributed by atoms with E-state index in [0.29, 0.717) is 18.0 Å². The molecule has 0 amide bonds. The Morgan fingerprint density at radius 1 is 1.29 bits per heavy atom. The summed E-state index contributed by atoms with van der Waals surface area (Å²) in [6.45, 7) is 3.47. The van der Waals surface area contributed by atoms with Gasteiger partial charge in [-0.25, -0.2) is 4.98 Å². The monoisotopic (exact) mass is 287 g/mol. The van der Waals surface area contributed by atoms with E-state index in [1.165, 1.54) is 0 Å². The maximum absolute atomic E-state index is 9.24.